The van der Waals surface area contributed by atoms with Gasteiger partial charge in [0.05, 0.1) is 5.88 Å². The first-order valence-corrected chi connectivity index (χ1v) is 6.23. The monoisotopic (exact) mass is 264 g/mol. The van der Waals surface area contributed by atoms with Gasteiger partial charge >= 0.3 is 0 Å². The van der Waals surface area contributed by atoms with Crippen molar-refractivity contribution in [3.8, 4) is 11.5 Å². The third kappa shape index (κ3) is 2.82. The molecule has 0 amide bonds. The van der Waals surface area contributed by atoms with E-state index in [1.165, 1.54) is 12.1 Å². The van der Waals surface area contributed by atoms with Crippen molar-refractivity contribution < 1.29 is 9.13 Å². The second-order valence-corrected chi connectivity index (χ2v) is 4.52. The number of benzene rings is 2. The van der Waals surface area contributed by atoms with Gasteiger partial charge in [-0.2, -0.15) is 0 Å². The zero-order valence-corrected chi connectivity index (χ0v) is 11.1. The van der Waals surface area contributed by atoms with Crippen LogP contribution in [-0.4, -0.2) is 0 Å². The highest BCUT2D eigenvalue weighted by atomic mass is 35.5. The molecule has 94 valence electrons. The predicted molar refractivity (Wildman–Crippen MR) is 71.9 cm³/mol. The van der Waals surface area contributed by atoms with Gasteiger partial charge in [-0.1, -0.05) is 17.7 Å². The molecule has 18 heavy (non-hydrogen) atoms. The van der Waals surface area contributed by atoms with Crippen LogP contribution in [0.5, 0.6) is 11.5 Å². The molecular weight excluding hydrogens is 251 g/mol. The van der Waals surface area contributed by atoms with Gasteiger partial charge in [-0.25, -0.2) is 4.39 Å². The van der Waals surface area contributed by atoms with Crippen LogP contribution >= 0.6 is 11.6 Å². The van der Waals surface area contributed by atoms with E-state index in [9.17, 15) is 4.39 Å². The summed E-state index contributed by atoms with van der Waals surface area (Å²) in [5, 5.41) is 0. The van der Waals surface area contributed by atoms with E-state index in [0.717, 1.165) is 16.7 Å². The first kappa shape index (κ1) is 12.9. The SMILES string of the molecule is Cc1ccc(Oc2ccc(F)cc2C)c(CCl)c1. The number of hydrogen-bond acceptors (Lipinski definition) is 1. The minimum absolute atomic E-state index is 0.263. The molecule has 0 heterocycles. The van der Waals surface area contributed by atoms with Crippen molar-refractivity contribution in [1.29, 1.82) is 0 Å². The summed E-state index contributed by atoms with van der Waals surface area (Å²) < 4.78 is 18.8. The van der Waals surface area contributed by atoms with Crippen LogP contribution in [0.15, 0.2) is 36.4 Å². The predicted octanol–water partition coefficient (Wildman–Crippen LogP) is 4.97. The molecule has 2 aromatic rings. The Hall–Kier alpha value is -1.54. The van der Waals surface area contributed by atoms with Crippen molar-refractivity contribution in [2.45, 2.75) is 19.7 Å². The van der Waals surface area contributed by atoms with E-state index >= 15 is 0 Å². The molecule has 3 heteroatoms. The number of ether oxygens (including phenoxy) is 1. The Kier molecular flexibility index (Phi) is 3.87. The maximum atomic E-state index is 13.0. The maximum absolute atomic E-state index is 13.0. The van der Waals surface area contributed by atoms with Crippen LogP contribution in [-0.2, 0) is 5.88 Å². The van der Waals surface area contributed by atoms with E-state index in [-0.39, 0.29) is 5.82 Å². The van der Waals surface area contributed by atoms with E-state index in [2.05, 4.69) is 0 Å². The van der Waals surface area contributed by atoms with Crippen LogP contribution in [0, 0.1) is 19.7 Å². The first-order valence-electron chi connectivity index (χ1n) is 5.69. The lowest BCUT2D eigenvalue weighted by Gasteiger charge is -2.12. The normalized spacial score (nSPS) is 10.4. The standard InChI is InChI=1S/C15H14ClFO/c1-10-3-5-15(12(7-10)9-16)18-14-6-4-13(17)8-11(14)2/h3-8H,9H2,1-2H3. The molecule has 0 spiro atoms. The third-order valence-corrected chi connectivity index (χ3v) is 3.00. The van der Waals surface area contributed by atoms with Crippen LogP contribution in [0.2, 0.25) is 0 Å². The van der Waals surface area contributed by atoms with E-state index in [1.54, 1.807) is 6.07 Å². The Morgan fingerprint density at radius 1 is 1.06 bits per heavy atom. The summed E-state index contributed by atoms with van der Waals surface area (Å²) in [5.41, 5.74) is 2.82. The van der Waals surface area contributed by atoms with Crippen LogP contribution in [0.4, 0.5) is 4.39 Å². The molecule has 0 fully saturated rings. The average Bonchev–Trinajstić information content (AvgIpc) is 2.34. The quantitative estimate of drug-likeness (QED) is 0.711. The second kappa shape index (κ2) is 5.40. The molecular formula is C15H14ClFO. The molecule has 1 nitrogen and oxygen atoms in total. The van der Waals surface area contributed by atoms with E-state index in [4.69, 9.17) is 16.3 Å². The molecule has 2 rings (SSSR count). The molecule has 0 atom stereocenters. The topological polar surface area (TPSA) is 9.23 Å². The molecule has 0 unspecified atom stereocenters. The third-order valence-electron chi connectivity index (χ3n) is 2.72. The highest BCUT2D eigenvalue weighted by molar-refractivity contribution is 6.17. The molecule has 0 N–H and O–H groups in total. The lowest BCUT2D eigenvalue weighted by Crippen LogP contribution is -1.93. The van der Waals surface area contributed by atoms with Crippen molar-refractivity contribution in [3.63, 3.8) is 0 Å². The van der Waals surface area contributed by atoms with Gasteiger partial charge in [-0.15, -0.1) is 11.6 Å². The zero-order valence-electron chi connectivity index (χ0n) is 10.3. The fourth-order valence-corrected chi connectivity index (χ4v) is 1.97. The molecule has 2 aromatic carbocycles. The Morgan fingerprint density at radius 3 is 2.44 bits per heavy atom. The summed E-state index contributed by atoms with van der Waals surface area (Å²) in [6, 6.07) is 10.3. The number of rotatable bonds is 3. The number of alkyl halides is 1. The molecule has 0 aromatic heterocycles. The van der Waals surface area contributed by atoms with Crippen molar-refractivity contribution in [2.24, 2.45) is 0 Å². The summed E-state index contributed by atoms with van der Waals surface area (Å²) in [7, 11) is 0. The molecule has 0 aliphatic carbocycles. The van der Waals surface area contributed by atoms with Gasteiger partial charge in [0, 0.05) is 5.56 Å². The van der Waals surface area contributed by atoms with Gasteiger partial charge in [0.2, 0.25) is 0 Å². The second-order valence-electron chi connectivity index (χ2n) is 4.26. The minimum Gasteiger partial charge on any atom is -0.457 e. The van der Waals surface area contributed by atoms with E-state index in [0.29, 0.717) is 17.4 Å². The minimum atomic E-state index is -0.263. The van der Waals surface area contributed by atoms with Gasteiger partial charge in [0.1, 0.15) is 17.3 Å². The number of halogens is 2. The smallest absolute Gasteiger partial charge is 0.131 e. The highest BCUT2D eigenvalue weighted by Crippen LogP contribution is 2.29. The average molecular weight is 265 g/mol. The molecule has 0 radical (unpaired) electrons. The van der Waals surface area contributed by atoms with Crippen LogP contribution in [0.3, 0.4) is 0 Å². The number of aryl methyl sites for hydroxylation is 2. The Morgan fingerprint density at radius 2 is 1.78 bits per heavy atom. The summed E-state index contributed by atoms with van der Waals surface area (Å²) in [5.74, 6) is 1.48. The van der Waals surface area contributed by atoms with Gasteiger partial charge in [-0.05, 0) is 43.7 Å². The van der Waals surface area contributed by atoms with Gasteiger partial charge in [0.15, 0.2) is 0 Å². The first-order chi connectivity index (χ1) is 8.60. The highest BCUT2D eigenvalue weighted by Gasteiger charge is 2.07. The summed E-state index contributed by atoms with van der Waals surface area (Å²) in [4.78, 5) is 0. The molecule has 0 aliphatic heterocycles. The summed E-state index contributed by atoms with van der Waals surface area (Å²) >= 11 is 5.90. The summed E-state index contributed by atoms with van der Waals surface area (Å²) in [6.45, 7) is 3.82. The van der Waals surface area contributed by atoms with Gasteiger partial charge < -0.3 is 4.74 Å². The van der Waals surface area contributed by atoms with E-state index < -0.39 is 0 Å². The van der Waals surface area contributed by atoms with Crippen molar-refractivity contribution in [3.05, 3.63) is 58.9 Å². The van der Waals surface area contributed by atoms with Crippen LogP contribution < -0.4 is 4.74 Å². The van der Waals surface area contributed by atoms with Gasteiger partial charge in [0.25, 0.3) is 0 Å². The Balaban J connectivity index is 2.33. The summed E-state index contributed by atoms with van der Waals surface area (Å²) in [6.07, 6.45) is 0. The zero-order chi connectivity index (χ0) is 13.1. The van der Waals surface area contributed by atoms with Crippen molar-refractivity contribution >= 4 is 11.6 Å². The van der Waals surface area contributed by atoms with Crippen LogP contribution in [0.25, 0.3) is 0 Å². The lowest BCUT2D eigenvalue weighted by molar-refractivity contribution is 0.472. The maximum Gasteiger partial charge on any atom is 0.131 e. The van der Waals surface area contributed by atoms with Crippen molar-refractivity contribution in [1.82, 2.24) is 0 Å². The Bertz CT molecular complexity index is 566. The Labute approximate surface area is 111 Å². The van der Waals surface area contributed by atoms with Gasteiger partial charge in [-0.3, -0.25) is 0 Å². The molecule has 0 saturated heterocycles. The fraction of sp³-hybridized carbons (Fsp3) is 0.200. The number of hydrogen-bond donors (Lipinski definition) is 0. The van der Waals surface area contributed by atoms with E-state index in [1.807, 2.05) is 32.0 Å². The molecule has 0 aliphatic rings. The molecule has 0 bridgehead atoms. The molecule has 0 saturated carbocycles. The lowest BCUT2D eigenvalue weighted by atomic mass is 10.1. The fourth-order valence-electron chi connectivity index (χ4n) is 1.76. The largest absolute Gasteiger partial charge is 0.457 e. The van der Waals surface area contributed by atoms with Crippen LogP contribution in [0.1, 0.15) is 16.7 Å². The van der Waals surface area contributed by atoms with Crippen molar-refractivity contribution in [2.75, 3.05) is 0 Å².